The number of hydrazone groups is 1. The molecular formula is C13H18N2O6. The SMILES string of the molecule is CC[C@H]1OCC2=C(C(=O)OC)NN=C(C(=O)OC)[C@H]2CO1. The second-order valence-corrected chi connectivity index (χ2v) is 4.53. The van der Waals surface area contributed by atoms with Crippen LogP contribution < -0.4 is 5.43 Å². The predicted molar refractivity (Wildman–Crippen MR) is 71.1 cm³/mol. The maximum atomic E-state index is 11.8. The average molecular weight is 298 g/mol. The molecule has 2 atom stereocenters. The Morgan fingerprint density at radius 2 is 2.00 bits per heavy atom. The summed E-state index contributed by atoms with van der Waals surface area (Å²) in [5.74, 6) is -1.64. The lowest BCUT2D eigenvalue weighted by molar-refractivity contribution is -0.137. The van der Waals surface area contributed by atoms with Gasteiger partial charge in [0.2, 0.25) is 0 Å². The van der Waals surface area contributed by atoms with Crippen molar-refractivity contribution < 1.29 is 28.5 Å². The Labute approximate surface area is 122 Å². The Morgan fingerprint density at radius 1 is 1.29 bits per heavy atom. The number of carbonyl (C=O) groups excluding carboxylic acids is 2. The Bertz CT molecular complexity index is 499. The third-order valence-electron chi connectivity index (χ3n) is 3.35. The molecule has 2 aliphatic rings. The van der Waals surface area contributed by atoms with Gasteiger partial charge in [0.15, 0.2) is 12.0 Å². The molecule has 0 saturated carbocycles. The highest BCUT2D eigenvalue weighted by Crippen LogP contribution is 2.27. The van der Waals surface area contributed by atoms with Gasteiger partial charge in [0.25, 0.3) is 0 Å². The molecule has 0 spiro atoms. The minimum absolute atomic E-state index is 0.149. The first-order chi connectivity index (χ1) is 10.1. The molecule has 8 nitrogen and oxygen atoms in total. The molecule has 2 aliphatic heterocycles. The fraction of sp³-hybridized carbons (Fsp3) is 0.615. The van der Waals surface area contributed by atoms with Crippen molar-refractivity contribution in [2.75, 3.05) is 27.4 Å². The van der Waals surface area contributed by atoms with Crippen molar-refractivity contribution >= 4 is 17.7 Å². The van der Waals surface area contributed by atoms with Crippen LogP contribution in [0.1, 0.15) is 13.3 Å². The van der Waals surface area contributed by atoms with Crippen molar-refractivity contribution in [3.05, 3.63) is 11.3 Å². The first kappa shape index (κ1) is 15.5. The molecule has 0 unspecified atom stereocenters. The van der Waals surface area contributed by atoms with E-state index >= 15 is 0 Å². The molecule has 116 valence electrons. The molecule has 1 fully saturated rings. The molecule has 2 rings (SSSR count). The predicted octanol–water partition coefficient (Wildman–Crippen LogP) is -0.0552. The molecule has 1 saturated heterocycles. The second kappa shape index (κ2) is 6.68. The van der Waals surface area contributed by atoms with Crippen molar-refractivity contribution in [2.24, 2.45) is 11.0 Å². The molecule has 0 aromatic heterocycles. The van der Waals surface area contributed by atoms with Crippen molar-refractivity contribution in [3.8, 4) is 0 Å². The van der Waals surface area contributed by atoms with Crippen molar-refractivity contribution in [2.45, 2.75) is 19.6 Å². The van der Waals surface area contributed by atoms with Crippen LogP contribution in [0, 0.1) is 5.92 Å². The third-order valence-corrected chi connectivity index (χ3v) is 3.35. The maximum Gasteiger partial charge on any atom is 0.356 e. The number of rotatable bonds is 3. The second-order valence-electron chi connectivity index (χ2n) is 4.53. The largest absolute Gasteiger partial charge is 0.464 e. The van der Waals surface area contributed by atoms with E-state index < -0.39 is 17.9 Å². The fourth-order valence-corrected chi connectivity index (χ4v) is 2.20. The molecule has 21 heavy (non-hydrogen) atoms. The van der Waals surface area contributed by atoms with Crippen LogP contribution in [0.15, 0.2) is 16.4 Å². The number of hydrogen-bond donors (Lipinski definition) is 1. The van der Waals surface area contributed by atoms with Gasteiger partial charge < -0.3 is 18.9 Å². The van der Waals surface area contributed by atoms with E-state index in [9.17, 15) is 9.59 Å². The van der Waals surface area contributed by atoms with E-state index in [4.69, 9.17) is 18.9 Å². The summed E-state index contributed by atoms with van der Waals surface area (Å²) in [5.41, 5.74) is 3.46. The monoisotopic (exact) mass is 298 g/mol. The number of carbonyl (C=O) groups is 2. The normalized spacial score (nSPS) is 25.2. The Hall–Kier alpha value is -1.93. The van der Waals surface area contributed by atoms with Crippen molar-refractivity contribution in [3.63, 3.8) is 0 Å². The zero-order valence-electron chi connectivity index (χ0n) is 12.2. The molecule has 0 aromatic rings. The molecule has 2 heterocycles. The van der Waals surface area contributed by atoms with Crippen molar-refractivity contribution in [1.82, 2.24) is 5.43 Å². The van der Waals surface area contributed by atoms with Crippen LogP contribution in [-0.4, -0.2) is 51.4 Å². The highest BCUT2D eigenvalue weighted by Gasteiger charge is 2.37. The van der Waals surface area contributed by atoms with E-state index in [2.05, 4.69) is 10.5 Å². The van der Waals surface area contributed by atoms with Gasteiger partial charge in [-0.05, 0) is 12.0 Å². The van der Waals surface area contributed by atoms with Crippen LogP contribution >= 0.6 is 0 Å². The third kappa shape index (κ3) is 3.06. The summed E-state index contributed by atoms with van der Waals surface area (Å²) in [6.07, 6.45) is 0.270. The summed E-state index contributed by atoms with van der Waals surface area (Å²) in [6, 6.07) is 0. The Kier molecular flexibility index (Phi) is 4.92. The molecule has 0 amide bonds. The van der Waals surface area contributed by atoms with E-state index in [0.29, 0.717) is 12.0 Å². The van der Waals surface area contributed by atoms with Gasteiger partial charge in [0, 0.05) is 0 Å². The van der Waals surface area contributed by atoms with Crippen LogP contribution in [-0.2, 0) is 28.5 Å². The van der Waals surface area contributed by atoms with Crippen LogP contribution in [0.4, 0.5) is 0 Å². The number of methoxy groups -OCH3 is 2. The number of nitrogens with zero attached hydrogens (tertiary/aromatic N) is 1. The highest BCUT2D eigenvalue weighted by molar-refractivity contribution is 6.38. The van der Waals surface area contributed by atoms with Crippen LogP contribution in [0.25, 0.3) is 0 Å². The molecule has 8 heteroatoms. The molecule has 0 bridgehead atoms. The first-order valence-corrected chi connectivity index (χ1v) is 6.58. The van der Waals surface area contributed by atoms with E-state index in [-0.39, 0.29) is 30.9 Å². The van der Waals surface area contributed by atoms with Gasteiger partial charge >= 0.3 is 11.9 Å². The molecule has 1 N–H and O–H groups in total. The summed E-state index contributed by atoms with van der Waals surface area (Å²) in [5, 5.41) is 3.93. The van der Waals surface area contributed by atoms with E-state index in [0.717, 1.165) is 0 Å². The maximum absolute atomic E-state index is 11.8. The smallest absolute Gasteiger partial charge is 0.356 e. The van der Waals surface area contributed by atoms with Crippen LogP contribution in [0.5, 0.6) is 0 Å². The lowest BCUT2D eigenvalue weighted by Crippen LogP contribution is -2.39. The molecular weight excluding hydrogens is 280 g/mol. The first-order valence-electron chi connectivity index (χ1n) is 6.58. The summed E-state index contributed by atoms with van der Waals surface area (Å²) in [4.78, 5) is 23.6. The van der Waals surface area contributed by atoms with Gasteiger partial charge in [0.05, 0.1) is 33.4 Å². The number of nitrogens with one attached hydrogen (secondary N) is 1. The van der Waals surface area contributed by atoms with Crippen molar-refractivity contribution in [1.29, 1.82) is 0 Å². The fourth-order valence-electron chi connectivity index (χ4n) is 2.20. The molecule has 0 aromatic carbocycles. The Balaban J connectivity index is 2.36. The number of fused-ring (bicyclic) bond motifs is 1. The lowest BCUT2D eigenvalue weighted by Gasteiger charge is -2.24. The molecule has 0 radical (unpaired) electrons. The van der Waals surface area contributed by atoms with Gasteiger partial charge in [-0.15, -0.1) is 0 Å². The molecule has 0 aliphatic carbocycles. The van der Waals surface area contributed by atoms with Gasteiger partial charge in [-0.3, -0.25) is 5.43 Å². The summed E-state index contributed by atoms with van der Waals surface area (Å²) in [7, 11) is 2.54. The lowest BCUT2D eigenvalue weighted by atomic mass is 9.92. The number of hydrogen-bond acceptors (Lipinski definition) is 8. The Morgan fingerprint density at radius 3 is 2.62 bits per heavy atom. The summed E-state index contributed by atoms with van der Waals surface area (Å²) in [6.45, 7) is 2.25. The summed E-state index contributed by atoms with van der Waals surface area (Å²) < 4.78 is 20.6. The average Bonchev–Trinajstić information content (AvgIpc) is 2.75. The number of esters is 2. The van der Waals surface area contributed by atoms with E-state index in [1.807, 2.05) is 6.92 Å². The number of ether oxygens (including phenoxy) is 4. The zero-order valence-corrected chi connectivity index (χ0v) is 12.2. The quantitative estimate of drug-likeness (QED) is 0.729. The van der Waals surface area contributed by atoms with Crippen LogP contribution in [0.3, 0.4) is 0 Å². The minimum Gasteiger partial charge on any atom is -0.464 e. The summed E-state index contributed by atoms with van der Waals surface area (Å²) >= 11 is 0. The van der Waals surface area contributed by atoms with E-state index in [1.165, 1.54) is 14.2 Å². The topological polar surface area (TPSA) is 95.5 Å². The van der Waals surface area contributed by atoms with Gasteiger partial charge in [-0.25, -0.2) is 9.59 Å². The minimum atomic E-state index is -0.576. The van der Waals surface area contributed by atoms with Crippen LogP contribution in [0.2, 0.25) is 0 Å². The standard InChI is InChI=1S/C13H18N2O6/c1-4-9-20-5-7-8(6-21-9)11(13(17)19-3)15-14-10(7)12(16)18-2/h7,9,15H,4-6H2,1-3H3/t7-,9+/m0/s1. The van der Waals surface area contributed by atoms with Gasteiger partial charge in [0.1, 0.15) is 5.70 Å². The highest BCUT2D eigenvalue weighted by atomic mass is 16.7. The van der Waals surface area contributed by atoms with E-state index in [1.54, 1.807) is 0 Å². The zero-order chi connectivity index (χ0) is 15.4. The van der Waals surface area contributed by atoms with Gasteiger partial charge in [-0.1, -0.05) is 6.92 Å². The van der Waals surface area contributed by atoms with Gasteiger partial charge in [-0.2, -0.15) is 5.10 Å².